The third kappa shape index (κ3) is 9.56. The number of anilines is 5. The van der Waals surface area contributed by atoms with Crippen molar-refractivity contribution < 1.29 is 28.5 Å². The van der Waals surface area contributed by atoms with Gasteiger partial charge in [0.05, 0.1) is 31.2 Å². The number of carbonyl (C=O) groups excluding carboxylic acids is 4. The van der Waals surface area contributed by atoms with Crippen molar-refractivity contribution in [3.63, 3.8) is 0 Å². The van der Waals surface area contributed by atoms with E-state index in [1.807, 2.05) is 47.4 Å². The van der Waals surface area contributed by atoms with Crippen LogP contribution in [0, 0.1) is 0 Å². The Morgan fingerprint density at radius 3 is 2.44 bits per heavy atom. The number of nitrogens with zero attached hydrogens (tertiary/aromatic N) is 6. The van der Waals surface area contributed by atoms with Gasteiger partial charge in [0.25, 0.3) is 5.91 Å². The van der Waals surface area contributed by atoms with Crippen molar-refractivity contribution in [3.8, 4) is 5.75 Å². The Balaban J connectivity index is 0.842. The van der Waals surface area contributed by atoms with E-state index >= 15 is 0 Å². The Morgan fingerprint density at radius 2 is 1.71 bits per heavy atom. The van der Waals surface area contributed by atoms with E-state index in [0.29, 0.717) is 77.7 Å². The van der Waals surface area contributed by atoms with Crippen LogP contribution in [0.3, 0.4) is 0 Å². The molecule has 4 aliphatic rings. The summed E-state index contributed by atoms with van der Waals surface area (Å²) < 4.78 is 18.9. The van der Waals surface area contributed by atoms with E-state index in [4.69, 9.17) is 16.3 Å². The van der Waals surface area contributed by atoms with Gasteiger partial charge in [-0.2, -0.15) is 4.98 Å². The fraction of sp³-hybridized carbons (Fsp3) is 0.435. The molecule has 0 bridgehead atoms. The molecule has 4 amide bonds. The molecule has 332 valence electrons. The van der Waals surface area contributed by atoms with E-state index in [2.05, 4.69) is 54.8 Å². The summed E-state index contributed by atoms with van der Waals surface area (Å²) in [5.74, 6) is 0.636. The third-order valence-electron chi connectivity index (χ3n) is 12.7. The maximum Gasteiger partial charge on any atom is 0.255 e. The van der Waals surface area contributed by atoms with Crippen molar-refractivity contribution in [2.24, 2.45) is 0 Å². The molecule has 4 aromatic rings. The maximum absolute atomic E-state index is 13.5. The summed E-state index contributed by atoms with van der Waals surface area (Å²) in [7, 11) is -0.924. The summed E-state index contributed by atoms with van der Waals surface area (Å²) in [6.07, 6.45) is 6.26. The second-order valence-corrected chi connectivity index (χ2v) is 20.6. The molecular formula is C46H55ClN9O6P. The average molecular weight is 896 g/mol. The number of aromatic nitrogens is 2. The van der Waals surface area contributed by atoms with Gasteiger partial charge in [-0.1, -0.05) is 42.8 Å². The minimum absolute atomic E-state index is 0.146. The van der Waals surface area contributed by atoms with Crippen LogP contribution in [-0.4, -0.2) is 120 Å². The Bertz CT molecular complexity index is 2470. The molecule has 4 aliphatic heterocycles. The van der Waals surface area contributed by atoms with Crippen LogP contribution in [0.1, 0.15) is 66.1 Å². The zero-order valence-corrected chi connectivity index (χ0v) is 37.9. The number of methoxy groups -OCH3 is 1. The number of halogens is 1. The van der Waals surface area contributed by atoms with Crippen LogP contribution in [0.25, 0.3) is 0 Å². The van der Waals surface area contributed by atoms with E-state index in [1.54, 1.807) is 25.3 Å². The SMILES string of the molecule is CCc1cc(Nc2ncc(Cl)c(Nc3ccccc3P(C)(C)=O)n2)c(OC)cc1N1CCC(N2CCN(CCCc3cccc4c3CN(C3CCC(=O)NC3=O)C4=O)C(=O)C2)CC1. The Hall–Kier alpha value is -5.50. The van der Waals surface area contributed by atoms with Crippen LogP contribution < -0.4 is 30.9 Å². The lowest BCUT2D eigenvalue weighted by Crippen LogP contribution is -2.55. The number of hydrogen-bond donors (Lipinski definition) is 3. The number of para-hydroxylation sites is 1. The number of rotatable bonds is 14. The summed E-state index contributed by atoms with van der Waals surface area (Å²) >= 11 is 6.52. The van der Waals surface area contributed by atoms with Crippen molar-refractivity contribution in [1.29, 1.82) is 0 Å². The van der Waals surface area contributed by atoms with Crippen LogP contribution in [0.15, 0.2) is 60.8 Å². The third-order valence-corrected chi connectivity index (χ3v) is 14.6. The molecule has 15 nitrogen and oxygen atoms in total. The molecular weight excluding hydrogens is 841 g/mol. The fourth-order valence-electron chi connectivity index (χ4n) is 9.36. The lowest BCUT2D eigenvalue weighted by molar-refractivity contribution is -0.138. The molecule has 0 saturated carbocycles. The summed E-state index contributed by atoms with van der Waals surface area (Å²) in [6.45, 7) is 10.2. The van der Waals surface area contributed by atoms with Gasteiger partial charge in [-0.05, 0) is 92.8 Å². The smallest absolute Gasteiger partial charge is 0.255 e. The Morgan fingerprint density at radius 1 is 0.921 bits per heavy atom. The van der Waals surface area contributed by atoms with E-state index < -0.39 is 19.1 Å². The molecule has 0 aliphatic carbocycles. The number of imide groups is 1. The van der Waals surface area contributed by atoms with Gasteiger partial charge in [-0.3, -0.25) is 29.4 Å². The monoisotopic (exact) mass is 895 g/mol. The molecule has 1 aromatic heterocycles. The van der Waals surface area contributed by atoms with Gasteiger partial charge < -0.3 is 34.6 Å². The van der Waals surface area contributed by atoms with Crippen molar-refractivity contribution in [3.05, 3.63) is 88.1 Å². The number of benzene rings is 3. The van der Waals surface area contributed by atoms with Crippen LogP contribution in [0.5, 0.6) is 5.75 Å². The highest BCUT2D eigenvalue weighted by atomic mass is 35.5. The predicted molar refractivity (Wildman–Crippen MR) is 246 cm³/mol. The number of fused-ring (bicyclic) bond motifs is 1. The minimum atomic E-state index is -2.57. The Kier molecular flexibility index (Phi) is 13.1. The lowest BCUT2D eigenvalue weighted by Gasteiger charge is -2.43. The van der Waals surface area contributed by atoms with Crippen molar-refractivity contribution in [2.75, 3.05) is 75.2 Å². The molecule has 1 unspecified atom stereocenters. The first-order chi connectivity index (χ1) is 30.3. The predicted octanol–water partition coefficient (Wildman–Crippen LogP) is 5.94. The first-order valence-corrected chi connectivity index (χ1v) is 24.7. The second kappa shape index (κ2) is 18.7. The molecule has 3 saturated heterocycles. The molecule has 0 radical (unpaired) electrons. The number of amides is 4. The quantitative estimate of drug-likeness (QED) is 0.101. The van der Waals surface area contributed by atoms with E-state index in [9.17, 15) is 23.7 Å². The van der Waals surface area contributed by atoms with Gasteiger partial charge in [0, 0.05) is 74.4 Å². The molecule has 8 rings (SSSR count). The molecule has 5 heterocycles. The normalized spacial score (nSPS) is 18.7. The van der Waals surface area contributed by atoms with Crippen molar-refractivity contribution >= 4 is 76.5 Å². The molecule has 3 N–H and O–H groups in total. The molecule has 0 spiro atoms. The van der Waals surface area contributed by atoms with Crippen molar-refractivity contribution in [2.45, 2.75) is 70.5 Å². The Labute approximate surface area is 373 Å². The number of hydrogen-bond acceptors (Lipinski definition) is 12. The number of ether oxygens (including phenoxy) is 1. The minimum Gasteiger partial charge on any atom is -0.494 e. The van der Waals surface area contributed by atoms with E-state index in [-0.39, 0.29) is 24.1 Å². The number of piperidine rings is 2. The zero-order valence-electron chi connectivity index (χ0n) is 36.3. The summed E-state index contributed by atoms with van der Waals surface area (Å²) in [4.78, 5) is 68.4. The lowest BCUT2D eigenvalue weighted by atomic mass is 9.98. The summed E-state index contributed by atoms with van der Waals surface area (Å²) in [5, 5.41) is 10.00. The average Bonchev–Trinajstić information content (AvgIpc) is 3.61. The topological polar surface area (TPSA) is 169 Å². The highest BCUT2D eigenvalue weighted by Gasteiger charge is 2.40. The zero-order chi connectivity index (χ0) is 44.4. The summed E-state index contributed by atoms with van der Waals surface area (Å²) in [5.41, 5.74) is 6.29. The maximum atomic E-state index is 13.5. The molecule has 63 heavy (non-hydrogen) atoms. The fourth-order valence-corrected chi connectivity index (χ4v) is 10.7. The molecule has 17 heteroatoms. The number of aryl methyl sites for hydroxylation is 2. The number of carbonyl (C=O) groups is 4. The van der Waals surface area contributed by atoms with Crippen LogP contribution >= 0.6 is 18.7 Å². The molecule has 1 atom stereocenters. The second-order valence-electron chi connectivity index (χ2n) is 17.1. The van der Waals surface area contributed by atoms with Gasteiger partial charge in [0.1, 0.15) is 24.0 Å². The van der Waals surface area contributed by atoms with E-state index in [1.165, 1.54) is 6.20 Å². The largest absolute Gasteiger partial charge is 0.494 e. The first-order valence-electron chi connectivity index (χ1n) is 21.8. The van der Waals surface area contributed by atoms with Crippen LogP contribution in [0.2, 0.25) is 5.02 Å². The highest BCUT2D eigenvalue weighted by Crippen LogP contribution is 2.40. The highest BCUT2D eigenvalue weighted by molar-refractivity contribution is 7.70. The van der Waals surface area contributed by atoms with Crippen LogP contribution in [0.4, 0.5) is 28.8 Å². The van der Waals surface area contributed by atoms with Crippen LogP contribution in [-0.2, 0) is 38.3 Å². The van der Waals surface area contributed by atoms with Gasteiger partial charge >= 0.3 is 0 Å². The first kappa shape index (κ1) is 44.1. The van der Waals surface area contributed by atoms with Gasteiger partial charge in [0.2, 0.25) is 23.7 Å². The number of nitrogens with one attached hydrogen (secondary N) is 3. The summed E-state index contributed by atoms with van der Waals surface area (Å²) in [6, 6.07) is 17.0. The van der Waals surface area contributed by atoms with Gasteiger partial charge in [0.15, 0.2) is 5.82 Å². The molecule has 3 aromatic carbocycles. The van der Waals surface area contributed by atoms with Gasteiger partial charge in [-0.15, -0.1) is 0 Å². The van der Waals surface area contributed by atoms with Crippen molar-refractivity contribution in [1.82, 2.24) is 30.0 Å². The van der Waals surface area contributed by atoms with Gasteiger partial charge in [-0.25, -0.2) is 4.98 Å². The standard InChI is InChI=1S/C46H55ClN9O6P/c1-5-29-24-36(50-46-48-26-34(47)43(52-46)49-35-13-6-7-14-40(35)63(3,4)61)39(62-2)25-38(29)53-20-17-31(18-21-53)55-23-22-54(42(58)28-55)19-9-11-30-10-8-12-32-33(30)27-56(45(32)60)37-15-16-41(57)51-44(37)59/h6-8,10,12-14,24-26,31,37H,5,9,11,15-23,27-28H2,1-4H3,(H,51,57,59)(H2,48,49,50,52). The molecule has 3 fully saturated rings. The number of piperazine rings is 1. The van der Waals surface area contributed by atoms with E-state index in [0.717, 1.165) is 79.8 Å².